The standard InChI is InChI=1S/C20H18N4O5/c1-28-13-5-7-14-11(9-13)3-6-15-18(14)22-23-19(15)20(25)21-16-10-12(24(26)27)4-8-17(16)29-2/h4-5,7-10H,3,6H2,1-2H3,(H,21,25)(H,22,23). The number of anilines is 1. The zero-order chi connectivity index (χ0) is 20.5. The van der Waals surface area contributed by atoms with Crippen molar-refractivity contribution in [2.24, 2.45) is 0 Å². The number of H-pyrrole nitrogens is 1. The number of hydrogen-bond donors (Lipinski definition) is 2. The molecule has 0 atom stereocenters. The van der Waals surface area contributed by atoms with E-state index >= 15 is 0 Å². The van der Waals surface area contributed by atoms with E-state index in [1.54, 1.807) is 7.11 Å². The van der Waals surface area contributed by atoms with Gasteiger partial charge in [0.1, 0.15) is 17.2 Å². The third-order valence-electron chi connectivity index (χ3n) is 4.95. The molecule has 0 radical (unpaired) electrons. The number of carbonyl (C=O) groups is 1. The van der Waals surface area contributed by atoms with Crippen LogP contribution in [0.2, 0.25) is 0 Å². The van der Waals surface area contributed by atoms with Crippen LogP contribution in [0, 0.1) is 10.1 Å². The molecule has 29 heavy (non-hydrogen) atoms. The number of carbonyl (C=O) groups excluding carboxylic acids is 1. The number of aromatic amines is 1. The van der Waals surface area contributed by atoms with Crippen LogP contribution in [0.1, 0.15) is 21.6 Å². The second-order valence-electron chi connectivity index (χ2n) is 6.54. The predicted octanol–water partition coefficient (Wildman–Crippen LogP) is 3.35. The van der Waals surface area contributed by atoms with Gasteiger partial charge in [-0.15, -0.1) is 0 Å². The number of nitro groups is 1. The summed E-state index contributed by atoms with van der Waals surface area (Å²) < 4.78 is 10.5. The fourth-order valence-electron chi connectivity index (χ4n) is 3.51. The highest BCUT2D eigenvalue weighted by molar-refractivity contribution is 6.06. The largest absolute Gasteiger partial charge is 0.497 e. The summed E-state index contributed by atoms with van der Waals surface area (Å²) in [6, 6.07) is 9.79. The normalized spacial score (nSPS) is 11.9. The Bertz CT molecular complexity index is 1120. The van der Waals surface area contributed by atoms with Crippen LogP contribution in [0.5, 0.6) is 11.5 Å². The Morgan fingerprint density at radius 3 is 2.72 bits per heavy atom. The highest BCUT2D eigenvalue weighted by Gasteiger charge is 2.26. The van der Waals surface area contributed by atoms with Crippen molar-refractivity contribution in [3.05, 3.63) is 63.3 Å². The average molecular weight is 394 g/mol. The molecule has 1 aliphatic carbocycles. The molecule has 0 spiro atoms. The van der Waals surface area contributed by atoms with Crippen LogP contribution in [0.4, 0.5) is 11.4 Å². The minimum absolute atomic E-state index is 0.143. The molecule has 9 nitrogen and oxygen atoms in total. The fraction of sp³-hybridized carbons (Fsp3) is 0.200. The van der Waals surface area contributed by atoms with E-state index in [9.17, 15) is 14.9 Å². The van der Waals surface area contributed by atoms with E-state index in [2.05, 4.69) is 15.5 Å². The lowest BCUT2D eigenvalue weighted by Crippen LogP contribution is -2.16. The molecule has 0 unspecified atom stereocenters. The first-order chi connectivity index (χ1) is 14.0. The quantitative estimate of drug-likeness (QED) is 0.506. The monoisotopic (exact) mass is 394 g/mol. The van der Waals surface area contributed by atoms with Crippen molar-refractivity contribution in [3.63, 3.8) is 0 Å². The Labute approximate surface area is 165 Å². The number of nitro benzene ring substituents is 1. The molecule has 3 aromatic rings. The molecule has 1 aliphatic rings. The number of nitrogens with zero attached hydrogens (tertiary/aromatic N) is 2. The molecular weight excluding hydrogens is 376 g/mol. The summed E-state index contributed by atoms with van der Waals surface area (Å²) in [6.45, 7) is 0. The van der Waals surface area contributed by atoms with Crippen LogP contribution in [-0.4, -0.2) is 35.2 Å². The lowest BCUT2D eigenvalue weighted by molar-refractivity contribution is -0.384. The van der Waals surface area contributed by atoms with Crippen molar-refractivity contribution < 1.29 is 19.2 Å². The summed E-state index contributed by atoms with van der Waals surface area (Å²) in [5, 5.41) is 20.9. The number of amides is 1. The molecule has 2 aromatic carbocycles. The van der Waals surface area contributed by atoms with Gasteiger partial charge in [0.15, 0.2) is 0 Å². The third kappa shape index (κ3) is 3.27. The highest BCUT2D eigenvalue weighted by atomic mass is 16.6. The van der Waals surface area contributed by atoms with Crippen LogP contribution in [0.25, 0.3) is 11.3 Å². The van der Waals surface area contributed by atoms with E-state index in [4.69, 9.17) is 9.47 Å². The van der Waals surface area contributed by atoms with E-state index in [-0.39, 0.29) is 11.4 Å². The Kier molecular flexibility index (Phi) is 4.63. The van der Waals surface area contributed by atoms with Gasteiger partial charge in [0, 0.05) is 23.3 Å². The zero-order valence-corrected chi connectivity index (χ0v) is 15.8. The van der Waals surface area contributed by atoms with Gasteiger partial charge in [0.05, 0.1) is 30.5 Å². The lowest BCUT2D eigenvalue weighted by atomic mass is 9.89. The number of hydrogen-bond acceptors (Lipinski definition) is 6. The first-order valence-corrected chi connectivity index (χ1v) is 8.90. The van der Waals surface area contributed by atoms with E-state index in [1.807, 2.05) is 18.2 Å². The smallest absolute Gasteiger partial charge is 0.274 e. The maximum Gasteiger partial charge on any atom is 0.274 e. The second kappa shape index (κ2) is 7.27. The number of nitrogens with one attached hydrogen (secondary N) is 2. The number of aromatic nitrogens is 2. The highest BCUT2D eigenvalue weighted by Crippen LogP contribution is 2.36. The summed E-state index contributed by atoms with van der Waals surface area (Å²) in [7, 11) is 3.05. The number of benzene rings is 2. The number of rotatable bonds is 5. The van der Waals surface area contributed by atoms with Crippen LogP contribution >= 0.6 is 0 Å². The predicted molar refractivity (Wildman–Crippen MR) is 106 cm³/mol. The molecule has 1 heterocycles. The average Bonchev–Trinajstić information content (AvgIpc) is 3.17. The van der Waals surface area contributed by atoms with Crippen molar-refractivity contribution in [2.45, 2.75) is 12.8 Å². The van der Waals surface area contributed by atoms with E-state index < -0.39 is 10.8 Å². The molecule has 0 bridgehead atoms. The van der Waals surface area contributed by atoms with Gasteiger partial charge < -0.3 is 14.8 Å². The molecule has 2 N–H and O–H groups in total. The summed E-state index contributed by atoms with van der Waals surface area (Å²) in [5.74, 6) is 0.669. The van der Waals surface area contributed by atoms with Gasteiger partial charge in [-0.2, -0.15) is 5.10 Å². The first-order valence-electron chi connectivity index (χ1n) is 8.90. The lowest BCUT2D eigenvalue weighted by Gasteiger charge is -2.17. The number of aryl methyl sites for hydroxylation is 1. The number of non-ortho nitro benzene ring substituents is 1. The van der Waals surface area contributed by atoms with Crippen LogP contribution in [-0.2, 0) is 12.8 Å². The van der Waals surface area contributed by atoms with Crippen molar-refractivity contribution in [3.8, 4) is 22.8 Å². The molecular formula is C20H18N4O5. The number of ether oxygens (including phenoxy) is 2. The van der Waals surface area contributed by atoms with Crippen molar-refractivity contribution in [1.29, 1.82) is 0 Å². The van der Waals surface area contributed by atoms with Gasteiger partial charge >= 0.3 is 0 Å². The Balaban J connectivity index is 1.66. The van der Waals surface area contributed by atoms with Gasteiger partial charge in [0.25, 0.3) is 11.6 Å². The van der Waals surface area contributed by atoms with Gasteiger partial charge in [-0.25, -0.2) is 0 Å². The van der Waals surface area contributed by atoms with E-state index in [0.29, 0.717) is 17.9 Å². The summed E-state index contributed by atoms with van der Waals surface area (Å²) in [6.07, 6.45) is 1.39. The molecule has 4 rings (SSSR count). The van der Waals surface area contributed by atoms with Crippen molar-refractivity contribution in [1.82, 2.24) is 10.2 Å². The SMILES string of the molecule is COc1ccc2c(c1)CCc1c-2n[nH]c1C(=O)Nc1cc([N+](=O)[O-])ccc1OC. The molecule has 1 amide bonds. The van der Waals surface area contributed by atoms with Crippen molar-refractivity contribution in [2.75, 3.05) is 19.5 Å². The fourth-order valence-corrected chi connectivity index (χ4v) is 3.51. The van der Waals surface area contributed by atoms with Gasteiger partial charge in [-0.3, -0.25) is 20.0 Å². The molecule has 1 aromatic heterocycles. The van der Waals surface area contributed by atoms with Gasteiger partial charge in [-0.05, 0) is 42.7 Å². The zero-order valence-electron chi connectivity index (χ0n) is 15.8. The topological polar surface area (TPSA) is 119 Å². The van der Waals surface area contributed by atoms with E-state index in [1.165, 1.54) is 25.3 Å². The molecule has 0 aliphatic heterocycles. The Morgan fingerprint density at radius 1 is 1.17 bits per heavy atom. The second-order valence-corrected chi connectivity index (χ2v) is 6.54. The Hall–Kier alpha value is -3.88. The van der Waals surface area contributed by atoms with E-state index in [0.717, 1.165) is 34.6 Å². The number of fused-ring (bicyclic) bond motifs is 3. The van der Waals surface area contributed by atoms with Crippen LogP contribution in [0.15, 0.2) is 36.4 Å². The first kappa shape index (κ1) is 18.5. The Morgan fingerprint density at radius 2 is 2.00 bits per heavy atom. The van der Waals surface area contributed by atoms with Gasteiger partial charge in [0.2, 0.25) is 0 Å². The maximum atomic E-state index is 12.9. The minimum atomic E-state index is -0.529. The van der Waals surface area contributed by atoms with Gasteiger partial charge in [-0.1, -0.05) is 0 Å². The van der Waals surface area contributed by atoms with Crippen molar-refractivity contribution >= 4 is 17.3 Å². The number of methoxy groups -OCH3 is 2. The minimum Gasteiger partial charge on any atom is -0.497 e. The summed E-state index contributed by atoms with van der Waals surface area (Å²) in [4.78, 5) is 23.4. The molecule has 0 saturated carbocycles. The summed E-state index contributed by atoms with van der Waals surface area (Å²) >= 11 is 0. The third-order valence-corrected chi connectivity index (χ3v) is 4.95. The molecule has 9 heteroatoms. The van der Waals surface area contributed by atoms with Crippen LogP contribution in [0.3, 0.4) is 0 Å². The molecule has 148 valence electrons. The van der Waals surface area contributed by atoms with Crippen LogP contribution < -0.4 is 14.8 Å². The summed E-state index contributed by atoms with van der Waals surface area (Å²) in [5.41, 5.74) is 4.00. The molecule has 0 fully saturated rings. The maximum absolute atomic E-state index is 12.9. The molecule has 0 saturated heterocycles.